The number of carbonyl (C=O) groups excluding carboxylic acids is 1. The molecular formula is C25H28N2O4S2. The molecule has 0 spiro atoms. The number of ether oxygens (including phenoxy) is 1. The molecule has 8 heteroatoms. The maximum atomic E-state index is 12.9. The highest BCUT2D eigenvalue weighted by Gasteiger charge is 2.21. The van der Waals surface area contributed by atoms with Gasteiger partial charge in [-0.1, -0.05) is 12.1 Å². The van der Waals surface area contributed by atoms with Crippen molar-refractivity contribution in [2.45, 2.75) is 29.7 Å². The average Bonchev–Trinajstić information content (AvgIpc) is 2.84. The SMILES string of the molecule is CCOc1ccc(C(C)NC(=O)c2ccc(N(C)S(=O)(=O)c3ccc(SC)cc3)cc2)cc1. The van der Waals surface area contributed by atoms with Crippen LogP contribution in [0.4, 0.5) is 5.69 Å². The minimum absolute atomic E-state index is 0.194. The molecule has 0 fully saturated rings. The third kappa shape index (κ3) is 5.89. The Labute approximate surface area is 200 Å². The van der Waals surface area contributed by atoms with E-state index in [1.165, 1.54) is 11.4 Å². The monoisotopic (exact) mass is 484 g/mol. The van der Waals surface area contributed by atoms with Gasteiger partial charge in [-0.2, -0.15) is 0 Å². The van der Waals surface area contributed by atoms with Crippen LogP contribution in [0.25, 0.3) is 0 Å². The van der Waals surface area contributed by atoms with Crippen molar-refractivity contribution in [1.82, 2.24) is 5.32 Å². The zero-order valence-corrected chi connectivity index (χ0v) is 20.7. The lowest BCUT2D eigenvalue weighted by Gasteiger charge is -2.20. The Hall–Kier alpha value is -2.97. The normalized spacial score (nSPS) is 12.1. The van der Waals surface area contributed by atoms with E-state index in [9.17, 15) is 13.2 Å². The number of hydrogen-bond acceptors (Lipinski definition) is 5. The van der Waals surface area contributed by atoms with Crippen LogP contribution in [0.5, 0.6) is 5.75 Å². The molecule has 0 bridgehead atoms. The van der Waals surface area contributed by atoms with Gasteiger partial charge in [-0.25, -0.2) is 8.42 Å². The van der Waals surface area contributed by atoms with Crippen molar-refractivity contribution in [1.29, 1.82) is 0 Å². The summed E-state index contributed by atoms with van der Waals surface area (Å²) in [4.78, 5) is 13.9. The summed E-state index contributed by atoms with van der Waals surface area (Å²) in [5, 5.41) is 2.97. The average molecular weight is 485 g/mol. The van der Waals surface area contributed by atoms with Crippen molar-refractivity contribution < 1.29 is 17.9 Å². The van der Waals surface area contributed by atoms with E-state index in [-0.39, 0.29) is 16.8 Å². The van der Waals surface area contributed by atoms with E-state index in [1.54, 1.807) is 60.3 Å². The summed E-state index contributed by atoms with van der Waals surface area (Å²) in [5.41, 5.74) is 1.88. The maximum absolute atomic E-state index is 12.9. The Kier molecular flexibility index (Phi) is 8.05. The molecule has 174 valence electrons. The third-order valence-electron chi connectivity index (χ3n) is 5.25. The van der Waals surface area contributed by atoms with Crippen LogP contribution in [-0.4, -0.2) is 34.2 Å². The topological polar surface area (TPSA) is 75.7 Å². The number of amides is 1. The highest BCUT2D eigenvalue weighted by atomic mass is 32.2. The number of benzene rings is 3. The van der Waals surface area contributed by atoms with Crippen LogP contribution < -0.4 is 14.4 Å². The largest absolute Gasteiger partial charge is 0.494 e. The zero-order chi connectivity index (χ0) is 24.0. The zero-order valence-electron chi connectivity index (χ0n) is 19.1. The van der Waals surface area contributed by atoms with Gasteiger partial charge in [-0.15, -0.1) is 11.8 Å². The fourth-order valence-electron chi connectivity index (χ4n) is 3.25. The molecule has 6 nitrogen and oxygen atoms in total. The molecule has 1 amide bonds. The summed E-state index contributed by atoms with van der Waals surface area (Å²) in [6.07, 6.45) is 1.94. The van der Waals surface area contributed by atoms with E-state index in [4.69, 9.17) is 4.74 Å². The maximum Gasteiger partial charge on any atom is 0.264 e. The lowest BCUT2D eigenvalue weighted by atomic mass is 10.1. The molecule has 3 aromatic rings. The standard InChI is InChI=1S/C25H28N2O4S2/c1-5-31-22-12-8-19(9-13-22)18(2)26-25(28)20-6-10-21(11-7-20)27(3)33(29,30)24-16-14-23(32-4)15-17-24/h6-18H,5H2,1-4H3,(H,26,28). The predicted octanol–water partition coefficient (Wildman–Crippen LogP) is 5.12. The fourth-order valence-corrected chi connectivity index (χ4v) is 4.85. The summed E-state index contributed by atoms with van der Waals surface area (Å²) in [6, 6.07) is 20.7. The molecule has 3 aromatic carbocycles. The van der Waals surface area contributed by atoms with Crippen LogP contribution in [0.1, 0.15) is 35.8 Å². The highest BCUT2D eigenvalue weighted by Crippen LogP contribution is 2.25. The summed E-state index contributed by atoms with van der Waals surface area (Å²) in [6.45, 7) is 4.44. The second-order valence-corrected chi connectivity index (χ2v) is 10.2. The number of carbonyl (C=O) groups is 1. The van der Waals surface area contributed by atoms with E-state index in [0.717, 1.165) is 16.2 Å². The molecular weight excluding hydrogens is 456 g/mol. The minimum atomic E-state index is -3.70. The summed E-state index contributed by atoms with van der Waals surface area (Å²) >= 11 is 1.55. The van der Waals surface area contributed by atoms with Gasteiger partial charge in [0.25, 0.3) is 15.9 Å². The van der Waals surface area contributed by atoms with Crippen molar-refractivity contribution in [3.8, 4) is 5.75 Å². The molecule has 0 aromatic heterocycles. The predicted molar refractivity (Wildman–Crippen MR) is 134 cm³/mol. The van der Waals surface area contributed by atoms with Crippen molar-refractivity contribution in [3.63, 3.8) is 0 Å². The molecule has 1 unspecified atom stereocenters. The van der Waals surface area contributed by atoms with Crippen LogP contribution in [0, 0.1) is 0 Å². The van der Waals surface area contributed by atoms with E-state index < -0.39 is 10.0 Å². The molecule has 33 heavy (non-hydrogen) atoms. The Morgan fingerprint density at radius 2 is 1.61 bits per heavy atom. The van der Waals surface area contributed by atoms with Gasteiger partial charge in [0.05, 0.1) is 23.2 Å². The number of nitrogens with zero attached hydrogens (tertiary/aromatic N) is 1. The van der Waals surface area contributed by atoms with Gasteiger partial charge < -0.3 is 10.1 Å². The van der Waals surface area contributed by atoms with E-state index in [1.807, 2.05) is 44.4 Å². The Morgan fingerprint density at radius 1 is 1.00 bits per heavy atom. The third-order valence-corrected chi connectivity index (χ3v) is 7.79. The Bertz CT molecular complexity index is 1180. The fraction of sp³-hybridized carbons (Fsp3) is 0.240. The molecule has 0 aliphatic heterocycles. The van der Waals surface area contributed by atoms with Gasteiger partial charge in [0, 0.05) is 17.5 Å². The van der Waals surface area contributed by atoms with E-state index >= 15 is 0 Å². The van der Waals surface area contributed by atoms with Crippen LogP contribution in [0.2, 0.25) is 0 Å². The molecule has 0 saturated carbocycles. The molecule has 0 aliphatic rings. The number of rotatable bonds is 9. The van der Waals surface area contributed by atoms with Crippen LogP contribution in [0.3, 0.4) is 0 Å². The molecule has 1 atom stereocenters. The lowest BCUT2D eigenvalue weighted by molar-refractivity contribution is 0.0940. The Balaban J connectivity index is 1.68. The van der Waals surface area contributed by atoms with Gasteiger partial charge in [0.1, 0.15) is 5.75 Å². The first-order valence-electron chi connectivity index (χ1n) is 10.5. The van der Waals surface area contributed by atoms with Gasteiger partial charge in [-0.3, -0.25) is 9.10 Å². The minimum Gasteiger partial charge on any atom is -0.494 e. The first kappa shape index (κ1) is 24.7. The quantitative estimate of drug-likeness (QED) is 0.427. The molecule has 1 N–H and O–H groups in total. The molecule has 0 radical (unpaired) electrons. The second kappa shape index (κ2) is 10.8. The highest BCUT2D eigenvalue weighted by molar-refractivity contribution is 7.98. The van der Waals surface area contributed by atoms with Gasteiger partial charge >= 0.3 is 0 Å². The van der Waals surface area contributed by atoms with Crippen LogP contribution in [0.15, 0.2) is 82.6 Å². The van der Waals surface area contributed by atoms with Crippen molar-refractivity contribution in [2.24, 2.45) is 0 Å². The number of hydrogen-bond donors (Lipinski definition) is 1. The van der Waals surface area contributed by atoms with Gasteiger partial charge in [-0.05, 0) is 86.3 Å². The van der Waals surface area contributed by atoms with Crippen molar-refractivity contribution >= 4 is 33.4 Å². The number of thioether (sulfide) groups is 1. The molecule has 0 saturated heterocycles. The van der Waals surface area contributed by atoms with Gasteiger partial charge in [0.15, 0.2) is 0 Å². The van der Waals surface area contributed by atoms with Crippen molar-refractivity contribution in [2.75, 3.05) is 24.2 Å². The Morgan fingerprint density at radius 3 is 2.15 bits per heavy atom. The molecule has 0 heterocycles. The van der Waals surface area contributed by atoms with E-state index in [0.29, 0.717) is 17.9 Å². The lowest BCUT2D eigenvalue weighted by Crippen LogP contribution is -2.28. The number of sulfonamides is 1. The number of nitrogens with one attached hydrogen (secondary N) is 1. The van der Waals surface area contributed by atoms with Gasteiger partial charge in [0.2, 0.25) is 0 Å². The summed E-state index contributed by atoms with van der Waals surface area (Å²) in [7, 11) is -2.20. The summed E-state index contributed by atoms with van der Waals surface area (Å²) in [5.74, 6) is 0.552. The van der Waals surface area contributed by atoms with Crippen molar-refractivity contribution in [3.05, 3.63) is 83.9 Å². The smallest absolute Gasteiger partial charge is 0.264 e. The second-order valence-electron chi connectivity index (χ2n) is 7.39. The summed E-state index contributed by atoms with van der Waals surface area (Å²) < 4.78 is 32.6. The molecule has 3 rings (SSSR count). The van der Waals surface area contributed by atoms with E-state index in [2.05, 4.69) is 5.32 Å². The van der Waals surface area contributed by atoms with Crippen LogP contribution >= 0.6 is 11.8 Å². The number of anilines is 1. The van der Waals surface area contributed by atoms with Crippen LogP contribution in [-0.2, 0) is 10.0 Å². The first-order chi connectivity index (χ1) is 15.8. The first-order valence-corrected chi connectivity index (χ1v) is 13.2. The molecule has 0 aliphatic carbocycles.